The fourth-order valence-electron chi connectivity index (χ4n) is 4.44. The molecule has 0 aliphatic carbocycles. The van der Waals surface area contributed by atoms with E-state index in [-0.39, 0.29) is 11.7 Å². The van der Waals surface area contributed by atoms with Gasteiger partial charge in [-0.1, -0.05) is 0 Å². The highest BCUT2D eigenvalue weighted by molar-refractivity contribution is 5.99. The van der Waals surface area contributed by atoms with Gasteiger partial charge in [0, 0.05) is 30.6 Å². The van der Waals surface area contributed by atoms with Crippen LogP contribution in [0.3, 0.4) is 0 Å². The van der Waals surface area contributed by atoms with Crippen molar-refractivity contribution in [2.45, 2.75) is 51.7 Å². The lowest BCUT2D eigenvalue weighted by Gasteiger charge is -2.37. The van der Waals surface area contributed by atoms with Crippen LogP contribution in [0.4, 0.5) is 13.2 Å². The van der Waals surface area contributed by atoms with Gasteiger partial charge in [-0.3, -0.25) is 9.69 Å². The highest BCUT2D eigenvalue weighted by Crippen LogP contribution is 2.33. The molecule has 0 bridgehead atoms. The Hall–Kier alpha value is -1.40. The molecular weight excluding hydrogens is 343 g/mol. The standard InChI is InChI=1S/C20H26F3NO2/c1-13-9-16(20(21,22)23)10-14(2)19(13)18(25)11-15-12-26-8-5-17(15)24-6-3-4-7-24/h9-10,15,17H,3-8,11-12H2,1-2H3/t15-,17-/m0/s1. The van der Waals surface area contributed by atoms with E-state index in [1.165, 1.54) is 12.8 Å². The maximum Gasteiger partial charge on any atom is 0.416 e. The second-order valence-corrected chi connectivity index (χ2v) is 7.54. The average molecular weight is 369 g/mol. The fourth-order valence-corrected chi connectivity index (χ4v) is 4.44. The maximum absolute atomic E-state index is 13.0. The van der Waals surface area contributed by atoms with Crippen molar-refractivity contribution in [3.63, 3.8) is 0 Å². The normalized spacial score (nSPS) is 24.8. The number of likely N-dealkylation sites (tertiary alicyclic amines) is 1. The molecule has 2 aliphatic heterocycles. The molecule has 0 aromatic heterocycles. The molecule has 2 fully saturated rings. The van der Waals surface area contributed by atoms with Gasteiger partial charge >= 0.3 is 6.18 Å². The molecule has 0 spiro atoms. The third kappa shape index (κ3) is 4.12. The van der Waals surface area contributed by atoms with Gasteiger partial charge in [0.2, 0.25) is 0 Å². The van der Waals surface area contributed by atoms with Crippen LogP contribution in [0.2, 0.25) is 0 Å². The van der Waals surface area contributed by atoms with Crippen LogP contribution in [0.25, 0.3) is 0 Å². The van der Waals surface area contributed by atoms with E-state index in [9.17, 15) is 18.0 Å². The molecule has 0 radical (unpaired) electrons. The molecule has 1 aromatic rings. The van der Waals surface area contributed by atoms with Crippen molar-refractivity contribution in [2.24, 2.45) is 5.92 Å². The molecule has 0 saturated carbocycles. The van der Waals surface area contributed by atoms with E-state index in [2.05, 4.69) is 4.90 Å². The Morgan fingerprint density at radius 2 is 1.81 bits per heavy atom. The van der Waals surface area contributed by atoms with E-state index < -0.39 is 11.7 Å². The minimum absolute atomic E-state index is 0.0755. The summed E-state index contributed by atoms with van der Waals surface area (Å²) in [5.41, 5.74) is 0.539. The first-order chi connectivity index (χ1) is 12.3. The summed E-state index contributed by atoms with van der Waals surface area (Å²) in [6.45, 7) is 6.56. The summed E-state index contributed by atoms with van der Waals surface area (Å²) < 4.78 is 44.5. The molecular formula is C20H26F3NO2. The lowest BCUT2D eigenvalue weighted by atomic mass is 9.86. The second-order valence-electron chi connectivity index (χ2n) is 7.54. The van der Waals surface area contributed by atoms with Crippen molar-refractivity contribution in [3.8, 4) is 0 Å². The molecule has 3 nitrogen and oxygen atoms in total. The molecule has 6 heteroatoms. The molecule has 2 atom stereocenters. The Morgan fingerprint density at radius 1 is 1.19 bits per heavy atom. The van der Waals surface area contributed by atoms with Crippen molar-refractivity contribution in [1.82, 2.24) is 4.90 Å². The Balaban J connectivity index is 1.78. The van der Waals surface area contributed by atoms with Crippen LogP contribution >= 0.6 is 0 Å². The summed E-state index contributed by atoms with van der Waals surface area (Å²) in [7, 11) is 0. The zero-order valence-electron chi connectivity index (χ0n) is 15.4. The number of alkyl halides is 3. The van der Waals surface area contributed by atoms with Crippen LogP contribution in [0.1, 0.15) is 52.7 Å². The van der Waals surface area contributed by atoms with Crippen molar-refractivity contribution >= 4 is 5.78 Å². The highest BCUT2D eigenvalue weighted by atomic mass is 19.4. The minimum atomic E-state index is -4.39. The van der Waals surface area contributed by atoms with Gasteiger partial charge in [-0.25, -0.2) is 0 Å². The topological polar surface area (TPSA) is 29.5 Å². The minimum Gasteiger partial charge on any atom is -0.381 e. The molecule has 26 heavy (non-hydrogen) atoms. The lowest BCUT2D eigenvalue weighted by molar-refractivity contribution is -0.137. The number of halogens is 3. The SMILES string of the molecule is Cc1cc(C(F)(F)F)cc(C)c1C(=O)C[C@H]1COCC[C@@H]1N1CCCC1. The third-order valence-electron chi connectivity index (χ3n) is 5.63. The fraction of sp³-hybridized carbons (Fsp3) is 0.650. The molecule has 2 aliphatic rings. The first-order valence-corrected chi connectivity index (χ1v) is 9.31. The smallest absolute Gasteiger partial charge is 0.381 e. The van der Waals surface area contributed by atoms with E-state index in [0.29, 0.717) is 42.4 Å². The number of Topliss-reactive ketones (excluding diaryl/α,β-unsaturated/α-hetero) is 1. The molecule has 144 valence electrons. The molecule has 3 rings (SSSR count). The summed E-state index contributed by atoms with van der Waals surface area (Å²) in [4.78, 5) is 15.4. The van der Waals surface area contributed by atoms with Crippen molar-refractivity contribution in [3.05, 3.63) is 34.4 Å². The molecule has 0 N–H and O–H groups in total. The van der Waals surface area contributed by atoms with Crippen LogP contribution in [-0.4, -0.2) is 43.0 Å². The van der Waals surface area contributed by atoms with Gasteiger partial charge in [0.05, 0.1) is 12.2 Å². The summed E-state index contributed by atoms with van der Waals surface area (Å²) in [5.74, 6) is 0.0314. The Bertz CT molecular complexity index is 643. The number of benzene rings is 1. The van der Waals surface area contributed by atoms with Gasteiger partial charge in [0.15, 0.2) is 5.78 Å². The number of hydrogen-bond acceptors (Lipinski definition) is 3. The number of carbonyl (C=O) groups excluding carboxylic acids is 1. The predicted molar refractivity (Wildman–Crippen MR) is 93.4 cm³/mol. The van der Waals surface area contributed by atoms with Gasteiger partial charge in [-0.2, -0.15) is 13.2 Å². The number of ether oxygens (including phenoxy) is 1. The maximum atomic E-state index is 13.0. The van der Waals surface area contributed by atoms with Gasteiger partial charge in [-0.15, -0.1) is 0 Å². The van der Waals surface area contributed by atoms with E-state index in [0.717, 1.165) is 31.6 Å². The van der Waals surface area contributed by atoms with Crippen LogP contribution in [0.5, 0.6) is 0 Å². The largest absolute Gasteiger partial charge is 0.416 e. The summed E-state index contributed by atoms with van der Waals surface area (Å²) in [6, 6.07) is 2.50. The first-order valence-electron chi connectivity index (χ1n) is 9.31. The number of nitrogens with zero attached hydrogens (tertiary/aromatic N) is 1. The summed E-state index contributed by atoms with van der Waals surface area (Å²) in [5, 5.41) is 0. The molecule has 0 amide bonds. The second kappa shape index (κ2) is 7.69. The van der Waals surface area contributed by atoms with Gasteiger partial charge in [0.25, 0.3) is 0 Å². The van der Waals surface area contributed by atoms with Crippen LogP contribution in [0.15, 0.2) is 12.1 Å². The number of hydrogen-bond donors (Lipinski definition) is 0. The molecule has 1 aromatic carbocycles. The average Bonchev–Trinajstić information content (AvgIpc) is 3.08. The number of rotatable bonds is 4. The van der Waals surface area contributed by atoms with Gasteiger partial charge < -0.3 is 4.74 Å². The summed E-state index contributed by atoms with van der Waals surface area (Å²) >= 11 is 0. The van der Waals surface area contributed by atoms with Gasteiger partial charge in [-0.05, 0) is 69.5 Å². The quantitative estimate of drug-likeness (QED) is 0.737. The van der Waals surface area contributed by atoms with Gasteiger partial charge in [0.1, 0.15) is 0 Å². The zero-order chi connectivity index (χ0) is 18.9. The van der Waals surface area contributed by atoms with Crippen molar-refractivity contribution < 1.29 is 22.7 Å². The Labute approximate surface area is 152 Å². The van der Waals surface area contributed by atoms with E-state index in [4.69, 9.17) is 4.74 Å². The van der Waals surface area contributed by atoms with Crippen molar-refractivity contribution in [1.29, 1.82) is 0 Å². The van der Waals surface area contributed by atoms with Crippen LogP contribution in [-0.2, 0) is 10.9 Å². The monoisotopic (exact) mass is 369 g/mol. The Kier molecular flexibility index (Phi) is 5.72. The van der Waals surface area contributed by atoms with Crippen LogP contribution < -0.4 is 0 Å². The number of carbonyl (C=O) groups is 1. The Morgan fingerprint density at radius 3 is 2.38 bits per heavy atom. The predicted octanol–water partition coefficient (Wildman–Crippen LogP) is 4.40. The van der Waals surface area contributed by atoms with E-state index in [1.54, 1.807) is 13.8 Å². The number of ketones is 1. The first kappa shape index (κ1) is 19.4. The molecule has 0 unspecified atom stereocenters. The van der Waals surface area contributed by atoms with Crippen LogP contribution in [0, 0.1) is 19.8 Å². The zero-order valence-corrected chi connectivity index (χ0v) is 15.4. The third-order valence-corrected chi connectivity index (χ3v) is 5.63. The lowest BCUT2D eigenvalue weighted by Crippen LogP contribution is -2.45. The summed E-state index contributed by atoms with van der Waals surface area (Å²) in [6.07, 6.45) is -0.767. The molecule has 2 heterocycles. The van der Waals surface area contributed by atoms with Crippen molar-refractivity contribution in [2.75, 3.05) is 26.3 Å². The highest BCUT2D eigenvalue weighted by Gasteiger charge is 2.35. The van der Waals surface area contributed by atoms with E-state index >= 15 is 0 Å². The molecule has 2 saturated heterocycles. The number of aryl methyl sites for hydroxylation is 2. The van der Waals surface area contributed by atoms with E-state index in [1.807, 2.05) is 0 Å².